The number of aromatic nitrogens is 1. The summed E-state index contributed by atoms with van der Waals surface area (Å²) in [7, 11) is 0. The summed E-state index contributed by atoms with van der Waals surface area (Å²) in [5.41, 5.74) is 9.23. The molecule has 0 aromatic carbocycles. The molecular formula is C12H20N2S. The van der Waals surface area contributed by atoms with Crippen LogP contribution in [0.1, 0.15) is 44.8 Å². The van der Waals surface area contributed by atoms with E-state index in [1.807, 2.05) is 5.51 Å². The van der Waals surface area contributed by atoms with Crippen molar-refractivity contribution >= 4 is 11.3 Å². The molecular weight excluding hydrogens is 204 g/mol. The molecule has 1 heterocycles. The summed E-state index contributed by atoms with van der Waals surface area (Å²) in [6, 6.07) is 0.159. The van der Waals surface area contributed by atoms with Crippen molar-refractivity contribution in [3.8, 4) is 0 Å². The molecule has 0 saturated heterocycles. The molecule has 1 aliphatic carbocycles. The van der Waals surface area contributed by atoms with Gasteiger partial charge in [0.1, 0.15) is 0 Å². The highest BCUT2D eigenvalue weighted by Gasteiger charge is 2.29. The lowest BCUT2D eigenvalue weighted by atomic mass is 9.73. The number of hydrogen-bond donors (Lipinski definition) is 1. The van der Waals surface area contributed by atoms with Gasteiger partial charge in [0.2, 0.25) is 0 Å². The Balaban J connectivity index is 2.00. The Labute approximate surface area is 95.9 Å². The molecule has 15 heavy (non-hydrogen) atoms. The average molecular weight is 224 g/mol. The van der Waals surface area contributed by atoms with Gasteiger partial charge in [-0.3, -0.25) is 0 Å². The van der Waals surface area contributed by atoms with Gasteiger partial charge in [0, 0.05) is 5.38 Å². The first-order valence-corrected chi connectivity index (χ1v) is 6.76. The van der Waals surface area contributed by atoms with E-state index in [4.69, 9.17) is 5.73 Å². The second kappa shape index (κ2) is 4.62. The van der Waals surface area contributed by atoms with Gasteiger partial charge in [0.25, 0.3) is 0 Å². The van der Waals surface area contributed by atoms with E-state index in [0.717, 1.165) is 17.5 Å². The van der Waals surface area contributed by atoms with E-state index in [-0.39, 0.29) is 6.04 Å². The molecule has 0 radical (unpaired) electrons. The van der Waals surface area contributed by atoms with Crippen molar-refractivity contribution in [2.75, 3.05) is 0 Å². The molecule has 0 amide bonds. The van der Waals surface area contributed by atoms with E-state index in [1.54, 1.807) is 11.3 Å². The Kier molecular flexibility index (Phi) is 3.42. The Morgan fingerprint density at radius 1 is 1.40 bits per heavy atom. The second-order valence-electron chi connectivity index (χ2n) is 4.97. The van der Waals surface area contributed by atoms with Crippen LogP contribution < -0.4 is 5.73 Å². The summed E-state index contributed by atoms with van der Waals surface area (Å²) >= 11 is 1.64. The summed E-state index contributed by atoms with van der Waals surface area (Å²) in [5.74, 6) is 2.32. The van der Waals surface area contributed by atoms with Crippen LogP contribution in [0.3, 0.4) is 0 Å². The number of nitrogens with zero attached hydrogens (tertiary/aromatic N) is 1. The first-order valence-electron chi connectivity index (χ1n) is 5.82. The van der Waals surface area contributed by atoms with E-state index < -0.39 is 0 Å². The highest BCUT2D eigenvalue weighted by atomic mass is 32.1. The van der Waals surface area contributed by atoms with Crippen LogP contribution in [0.15, 0.2) is 10.9 Å². The molecule has 0 aliphatic heterocycles. The molecule has 0 spiro atoms. The third kappa shape index (κ3) is 2.40. The fourth-order valence-electron chi connectivity index (χ4n) is 2.54. The Hall–Kier alpha value is -0.410. The quantitative estimate of drug-likeness (QED) is 0.837. The molecule has 1 fully saturated rings. The van der Waals surface area contributed by atoms with Crippen molar-refractivity contribution in [1.82, 2.24) is 4.98 Å². The van der Waals surface area contributed by atoms with E-state index in [1.165, 1.54) is 19.3 Å². The van der Waals surface area contributed by atoms with Crippen LogP contribution in [0.25, 0.3) is 0 Å². The van der Waals surface area contributed by atoms with Gasteiger partial charge in [-0.25, -0.2) is 4.98 Å². The fraction of sp³-hybridized carbons (Fsp3) is 0.750. The van der Waals surface area contributed by atoms with Gasteiger partial charge in [-0.05, 0) is 30.6 Å². The predicted molar refractivity (Wildman–Crippen MR) is 64.7 cm³/mol. The first-order chi connectivity index (χ1) is 7.18. The van der Waals surface area contributed by atoms with Crippen molar-refractivity contribution in [2.24, 2.45) is 23.5 Å². The molecule has 1 aromatic rings. The van der Waals surface area contributed by atoms with Crippen molar-refractivity contribution in [3.05, 3.63) is 16.6 Å². The lowest BCUT2D eigenvalue weighted by molar-refractivity contribution is 0.185. The maximum atomic E-state index is 6.27. The normalized spacial score (nSPS) is 33.9. The lowest BCUT2D eigenvalue weighted by Gasteiger charge is -2.34. The Bertz CT molecular complexity index is 297. The summed E-state index contributed by atoms with van der Waals surface area (Å²) in [6.07, 6.45) is 3.85. The minimum atomic E-state index is 0.159. The topological polar surface area (TPSA) is 38.9 Å². The van der Waals surface area contributed by atoms with Gasteiger partial charge in [-0.2, -0.15) is 0 Å². The van der Waals surface area contributed by atoms with Crippen LogP contribution in [0.5, 0.6) is 0 Å². The molecule has 4 unspecified atom stereocenters. The van der Waals surface area contributed by atoms with Crippen molar-refractivity contribution in [2.45, 2.75) is 39.2 Å². The second-order valence-corrected chi connectivity index (χ2v) is 5.69. The van der Waals surface area contributed by atoms with Crippen LogP contribution in [0.4, 0.5) is 0 Å². The van der Waals surface area contributed by atoms with Gasteiger partial charge in [0.15, 0.2) is 0 Å². The van der Waals surface area contributed by atoms with Crippen LogP contribution in [-0.4, -0.2) is 4.98 Å². The maximum absolute atomic E-state index is 6.27. The number of thiazole rings is 1. The standard InChI is InChI=1S/C12H20N2S/c1-8-3-4-10(5-9(8)2)12(13)11-6-15-7-14-11/h6-10,12H,3-5,13H2,1-2H3. The molecule has 2 rings (SSSR count). The summed E-state index contributed by atoms with van der Waals surface area (Å²) in [5, 5.41) is 2.09. The highest BCUT2D eigenvalue weighted by molar-refractivity contribution is 7.07. The van der Waals surface area contributed by atoms with Gasteiger partial charge < -0.3 is 5.73 Å². The molecule has 3 heteroatoms. The third-order valence-electron chi connectivity index (χ3n) is 3.94. The van der Waals surface area contributed by atoms with E-state index in [9.17, 15) is 0 Å². The zero-order valence-corrected chi connectivity index (χ0v) is 10.3. The zero-order valence-electron chi connectivity index (χ0n) is 9.52. The summed E-state index contributed by atoms with van der Waals surface area (Å²) < 4.78 is 0. The van der Waals surface area contributed by atoms with Crippen LogP contribution in [0.2, 0.25) is 0 Å². The smallest absolute Gasteiger partial charge is 0.0795 e. The maximum Gasteiger partial charge on any atom is 0.0795 e. The zero-order chi connectivity index (χ0) is 10.8. The average Bonchev–Trinajstić information content (AvgIpc) is 2.74. The van der Waals surface area contributed by atoms with Gasteiger partial charge >= 0.3 is 0 Å². The Morgan fingerprint density at radius 2 is 2.20 bits per heavy atom. The van der Waals surface area contributed by atoms with Crippen LogP contribution >= 0.6 is 11.3 Å². The molecule has 2 N–H and O–H groups in total. The molecule has 2 nitrogen and oxygen atoms in total. The fourth-order valence-corrected chi connectivity index (χ4v) is 3.14. The van der Waals surface area contributed by atoms with E-state index >= 15 is 0 Å². The van der Waals surface area contributed by atoms with E-state index in [2.05, 4.69) is 24.2 Å². The molecule has 1 aromatic heterocycles. The SMILES string of the molecule is CC1CCC(C(N)c2cscn2)CC1C. The molecule has 1 aliphatic rings. The van der Waals surface area contributed by atoms with Gasteiger partial charge in [-0.1, -0.05) is 20.3 Å². The summed E-state index contributed by atoms with van der Waals surface area (Å²) in [4.78, 5) is 4.33. The number of hydrogen-bond acceptors (Lipinski definition) is 3. The molecule has 0 bridgehead atoms. The van der Waals surface area contributed by atoms with Crippen LogP contribution in [0, 0.1) is 17.8 Å². The van der Waals surface area contributed by atoms with E-state index in [0.29, 0.717) is 5.92 Å². The predicted octanol–water partition coefficient (Wildman–Crippen LogP) is 3.22. The van der Waals surface area contributed by atoms with Crippen molar-refractivity contribution < 1.29 is 0 Å². The highest BCUT2D eigenvalue weighted by Crippen LogP contribution is 2.38. The molecule has 4 atom stereocenters. The lowest BCUT2D eigenvalue weighted by Crippen LogP contribution is -2.29. The molecule has 1 saturated carbocycles. The van der Waals surface area contributed by atoms with Crippen LogP contribution in [-0.2, 0) is 0 Å². The number of nitrogens with two attached hydrogens (primary N) is 1. The Morgan fingerprint density at radius 3 is 2.80 bits per heavy atom. The van der Waals surface area contributed by atoms with Gasteiger partial charge in [0.05, 0.1) is 17.2 Å². The van der Waals surface area contributed by atoms with Crippen molar-refractivity contribution in [3.63, 3.8) is 0 Å². The third-order valence-corrected chi connectivity index (χ3v) is 4.54. The minimum Gasteiger partial charge on any atom is -0.322 e. The first kappa shape index (κ1) is 11.1. The molecule has 84 valence electrons. The monoisotopic (exact) mass is 224 g/mol. The largest absolute Gasteiger partial charge is 0.322 e. The summed E-state index contributed by atoms with van der Waals surface area (Å²) in [6.45, 7) is 4.71. The van der Waals surface area contributed by atoms with Gasteiger partial charge in [-0.15, -0.1) is 11.3 Å². The number of rotatable bonds is 2. The van der Waals surface area contributed by atoms with Crippen molar-refractivity contribution in [1.29, 1.82) is 0 Å². The minimum absolute atomic E-state index is 0.159.